The molecule has 0 aromatic heterocycles. The number of nitrogens with one attached hydrogen (secondary N) is 1. The van der Waals surface area contributed by atoms with E-state index in [1.165, 1.54) is 24.7 Å². The van der Waals surface area contributed by atoms with Gasteiger partial charge in [0.1, 0.15) is 0 Å². The number of hydrogen-bond donors (Lipinski definition) is 1. The van der Waals surface area contributed by atoms with E-state index in [0.717, 1.165) is 24.4 Å². The lowest BCUT2D eigenvalue weighted by molar-refractivity contribution is -0.137. The Kier molecular flexibility index (Phi) is 4.48. The highest BCUT2D eigenvalue weighted by atomic mass is 79.9. The maximum atomic E-state index is 12.5. The van der Waals surface area contributed by atoms with Crippen LogP contribution in [0.15, 0.2) is 22.7 Å². The second-order valence-corrected chi connectivity index (χ2v) is 6.47. The molecule has 1 unspecified atom stereocenters. The van der Waals surface area contributed by atoms with Gasteiger partial charge in [0, 0.05) is 22.0 Å². The van der Waals surface area contributed by atoms with Crippen molar-refractivity contribution >= 4 is 33.4 Å². The van der Waals surface area contributed by atoms with Gasteiger partial charge in [-0.1, -0.05) is 0 Å². The van der Waals surface area contributed by atoms with Crippen molar-refractivity contribution in [1.82, 2.24) is 0 Å². The summed E-state index contributed by atoms with van der Waals surface area (Å²) >= 11 is 5.10. The molecule has 1 aromatic carbocycles. The molecule has 0 spiro atoms. The lowest BCUT2D eigenvalue weighted by Gasteiger charge is -2.14. The van der Waals surface area contributed by atoms with E-state index in [9.17, 15) is 13.2 Å². The molecule has 100 valence electrons. The minimum absolute atomic E-state index is 0.459. The monoisotopic (exact) mass is 339 g/mol. The van der Waals surface area contributed by atoms with Crippen LogP contribution >= 0.6 is 27.7 Å². The van der Waals surface area contributed by atoms with Crippen molar-refractivity contribution in [2.75, 3.05) is 17.6 Å². The van der Waals surface area contributed by atoms with Crippen molar-refractivity contribution in [3.63, 3.8) is 0 Å². The van der Waals surface area contributed by atoms with Gasteiger partial charge in [-0.25, -0.2) is 0 Å². The van der Waals surface area contributed by atoms with Gasteiger partial charge >= 0.3 is 6.18 Å². The predicted octanol–water partition coefficient (Wildman–Crippen LogP) is 4.78. The number of alkyl halides is 3. The van der Waals surface area contributed by atoms with Crippen molar-refractivity contribution in [2.24, 2.45) is 0 Å². The topological polar surface area (TPSA) is 12.0 Å². The highest BCUT2D eigenvalue weighted by molar-refractivity contribution is 9.10. The average molecular weight is 340 g/mol. The first-order valence-corrected chi connectivity index (χ1v) is 7.53. The summed E-state index contributed by atoms with van der Waals surface area (Å²) in [7, 11) is 0. The maximum absolute atomic E-state index is 12.5. The van der Waals surface area contributed by atoms with Crippen LogP contribution in [-0.4, -0.2) is 17.5 Å². The van der Waals surface area contributed by atoms with Gasteiger partial charge in [0.05, 0.1) is 5.56 Å². The molecule has 1 aromatic rings. The molecule has 0 radical (unpaired) electrons. The number of rotatable bonds is 3. The van der Waals surface area contributed by atoms with E-state index >= 15 is 0 Å². The van der Waals surface area contributed by atoms with Crippen molar-refractivity contribution in [2.45, 2.75) is 24.3 Å². The Morgan fingerprint density at radius 1 is 1.39 bits per heavy atom. The van der Waals surface area contributed by atoms with Gasteiger partial charge in [-0.3, -0.25) is 0 Å². The third-order valence-corrected chi connectivity index (χ3v) is 4.89. The minimum Gasteiger partial charge on any atom is -0.383 e. The Balaban J connectivity index is 2.01. The number of thioether (sulfide) groups is 1. The molecular weight excluding hydrogens is 327 g/mol. The second kappa shape index (κ2) is 5.74. The summed E-state index contributed by atoms with van der Waals surface area (Å²) in [5.41, 5.74) is 0.0886. The van der Waals surface area contributed by atoms with E-state index in [1.807, 2.05) is 11.8 Å². The van der Waals surface area contributed by atoms with Crippen LogP contribution in [0.3, 0.4) is 0 Å². The predicted molar refractivity (Wildman–Crippen MR) is 73.1 cm³/mol. The van der Waals surface area contributed by atoms with Gasteiger partial charge in [0.2, 0.25) is 0 Å². The zero-order chi connectivity index (χ0) is 13.2. The number of halogens is 4. The minimum atomic E-state index is -4.29. The zero-order valence-electron chi connectivity index (χ0n) is 9.56. The van der Waals surface area contributed by atoms with Gasteiger partial charge in [-0.05, 0) is 52.7 Å². The molecule has 1 aliphatic rings. The molecule has 1 nitrogen and oxygen atoms in total. The average Bonchev–Trinajstić information content (AvgIpc) is 2.79. The van der Waals surface area contributed by atoms with Crippen molar-refractivity contribution in [1.29, 1.82) is 0 Å². The standard InChI is InChI=1S/C12H13BrF3NS/c13-10-6-8(12(14,15)16)3-4-11(10)17-7-9-2-1-5-18-9/h3-4,6,9,17H,1-2,5,7H2. The molecule has 1 fully saturated rings. The molecule has 1 heterocycles. The Bertz CT molecular complexity index is 416. The van der Waals surface area contributed by atoms with Crippen LogP contribution in [0.4, 0.5) is 18.9 Å². The lowest BCUT2D eigenvalue weighted by Crippen LogP contribution is -2.14. The van der Waals surface area contributed by atoms with Gasteiger partial charge in [-0.15, -0.1) is 0 Å². The summed E-state index contributed by atoms with van der Waals surface area (Å²) in [6.45, 7) is 0.800. The second-order valence-electron chi connectivity index (χ2n) is 4.21. The van der Waals surface area contributed by atoms with E-state index in [1.54, 1.807) is 0 Å². The molecule has 1 aliphatic heterocycles. The third-order valence-electron chi connectivity index (χ3n) is 2.84. The molecule has 0 aliphatic carbocycles. The largest absolute Gasteiger partial charge is 0.416 e. The summed E-state index contributed by atoms with van der Waals surface area (Å²) in [5, 5.41) is 3.77. The molecule has 1 N–H and O–H groups in total. The SMILES string of the molecule is FC(F)(F)c1ccc(NCC2CCCS2)c(Br)c1. The maximum Gasteiger partial charge on any atom is 0.416 e. The van der Waals surface area contributed by atoms with Gasteiger partial charge in [-0.2, -0.15) is 24.9 Å². The molecule has 0 saturated carbocycles. The fourth-order valence-electron chi connectivity index (χ4n) is 1.86. The Morgan fingerprint density at radius 2 is 2.17 bits per heavy atom. The fourth-order valence-corrected chi connectivity index (χ4v) is 3.58. The first-order valence-electron chi connectivity index (χ1n) is 5.69. The van der Waals surface area contributed by atoms with Gasteiger partial charge in [0.25, 0.3) is 0 Å². The molecule has 1 atom stereocenters. The summed E-state index contributed by atoms with van der Waals surface area (Å²) < 4.78 is 37.9. The summed E-state index contributed by atoms with van der Waals surface area (Å²) in [6.07, 6.45) is -1.89. The number of anilines is 1. The van der Waals surface area contributed by atoms with E-state index in [4.69, 9.17) is 0 Å². The van der Waals surface area contributed by atoms with Crippen LogP contribution in [0.1, 0.15) is 18.4 Å². The van der Waals surface area contributed by atoms with Crippen LogP contribution in [0.25, 0.3) is 0 Å². The Morgan fingerprint density at radius 3 is 2.72 bits per heavy atom. The van der Waals surface area contributed by atoms with Crippen LogP contribution < -0.4 is 5.32 Å². The van der Waals surface area contributed by atoms with Crippen molar-refractivity contribution < 1.29 is 13.2 Å². The Labute approximate surface area is 117 Å². The normalized spacial score (nSPS) is 20.1. The van der Waals surface area contributed by atoms with E-state index in [2.05, 4.69) is 21.2 Å². The first-order chi connectivity index (χ1) is 8.47. The highest BCUT2D eigenvalue weighted by Gasteiger charge is 2.30. The van der Waals surface area contributed by atoms with E-state index < -0.39 is 11.7 Å². The van der Waals surface area contributed by atoms with Gasteiger partial charge in [0.15, 0.2) is 0 Å². The third kappa shape index (κ3) is 3.57. The highest BCUT2D eigenvalue weighted by Crippen LogP contribution is 2.34. The summed E-state index contributed by atoms with van der Waals surface area (Å²) in [5.74, 6) is 1.18. The van der Waals surface area contributed by atoms with Crippen LogP contribution in [0, 0.1) is 0 Å². The lowest BCUT2D eigenvalue weighted by atomic mass is 10.2. The zero-order valence-corrected chi connectivity index (χ0v) is 12.0. The van der Waals surface area contributed by atoms with Gasteiger partial charge < -0.3 is 5.32 Å². The Hall–Kier alpha value is -0.360. The van der Waals surface area contributed by atoms with Crippen LogP contribution in [-0.2, 0) is 6.18 Å². The molecule has 18 heavy (non-hydrogen) atoms. The molecule has 1 saturated heterocycles. The van der Waals surface area contributed by atoms with Crippen LogP contribution in [0.2, 0.25) is 0 Å². The molecule has 0 bridgehead atoms. The molecule has 0 amide bonds. The number of benzene rings is 1. The smallest absolute Gasteiger partial charge is 0.383 e. The first kappa shape index (κ1) is 14.1. The number of hydrogen-bond acceptors (Lipinski definition) is 2. The van der Waals surface area contributed by atoms with E-state index in [0.29, 0.717) is 9.72 Å². The van der Waals surface area contributed by atoms with Crippen LogP contribution in [0.5, 0.6) is 0 Å². The van der Waals surface area contributed by atoms with Crippen molar-refractivity contribution in [3.05, 3.63) is 28.2 Å². The molecule has 2 rings (SSSR count). The summed E-state index contributed by atoms with van der Waals surface area (Å²) in [6, 6.07) is 3.70. The molecular formula is C12H13BrF3NS. The van der Waals surface area contributed by atoms with Crippen molar-refractivity contribution in [3.8, 4) is 0 Å². The fraction of sp³-hybridized carbons (Fsp3) is 0.500. The molecule has 6 heteroatoms. The van der Waals surface area contributed by atoms with E-state index in [-0.39, 0.29) is 0 Å². The quantitative estimate of drug-likeness (QED) is 0.850. The summed E-state index contributed by atoms with van der Waals surface area (Å²) in [4.78, 5) is 0.